The van der Waals surface area contributed by atoms with Gasteiger partial charge in [0.25, 0.3) is 0 Å². The van der Waals surface area contributed by atoms with Gasteiger partial charge in [-0.1, -0.05) is 146 Å². The van der Waals surface area contributed by atoms with E-state index in [1.54, 1.807) is 0 Å². The molecule has 0 saturated heterocycles. The van der Waals surface area contributed by atoms with Crippen molar-refractivity contribution in [3.8, 4) is 0 Å². The summed E-state index contributed by atoms with van der Waals surface area (Å²) >= 11 is 0. The highest BCUT2D eigenvalue weighted by molar-refractivity contribution is 5.77. The lowest BCUT2D eigenvalue weighted by Crippen LogP contribution is -2.25. The number of para-hydroxylation sites is 2. The second-order valence-electron chi connectivity index (χ2n) is 11.2. The lowest BCUT2D eigenvalue weighted by Gasteiger charge is -2.10. The summed E-state index contributed by atoms with van der Waals surface area (Å²) in [6.45, 7) is 3.74. The SMILES string of the molecule is CCCCCCCCCCCCCCCCCCn1c(CNC(=O)CCc2ccccc2)nc2ccccc21. The van der Waals surface area contributed by atoms with Crippen LogP contribution >= 0.6 is 0 Å². The molecule has 1 N–H and O–H groups in total. The standard InChI is InChI=1S/C35H53N3O/c1-2-3-4-5-6-7-8-9-10-11-12-13-14-15-16-22-29-38-33-26-21-20-25-32(33)37-34(38)30-36-35(39)28-27-31-23-18-17-19-24-31/h17-21,23-26H,2-16,22,27-30H2,1H3,(H,36,39). The van der Waals surface area contributed by atoms with Gasteiger partial charge in [-0.2, -0.15) is 0 Å². The highest BCUT2D eigenvalue weighted by Crippen LogP contribution is 2.18. The molecule has 1 heterocycles. The minimum atomic E-state index is 0.0832. The lowest BCUT2D eigenvalue weighted by molar-refractivity contribution is -0.121. The second kappa shape index (κ2) is 19.4. The molecule has 4 nitrogen and oxygen atoms in total. The molecule has 0 aliphatic carbocycles. The van der Waals surface area contributed by atoms with E-state index in [1.165, 1.54) is 107 Å². The third-order valence-electron chi connectivity index (χ3n) is 7.90. The largest absolute Gasteiger partial charge is 0.349 e. The first-order valence-corrected chi connectivity index (χ1v) is 16.0. The van der Waals surface area contributed by atoms with Gasteiger partial charge in [0.05, 0.1) is 17.6 Å². The highest BCUT2D eigenvalue weighted by atomic mass is 16.1. The van der Waals surface area contributed by atoms with Crippen LogP contribution in [0.3, 0.4) is 0 Å². The Balaban J connectivity index is 1.27. The van der Waals surface area contributed by atoms with E-state index in [2.05, 4.69) is 47.1 Å². The molecule has 0 bridgehead atoms. The number of aromatic nitrogens is 2. The zero-order chi connectivity index (χ0) is 27.4. The number of nitrogens with one attached hydrogen (secondary N) is 1. The maximum absolute atomic E-state index is 12.5. The number of unbranched alkanes of at least 4 members (excludes halogenated alkanes) is 15. The van der Waals surface area contributed by atoms with E-state index >= 15 is 0 Å². The molecule has 3 rings (SSSR count). The molecule has 0 aliphatic rings. The van der Waals surface area contributed by atoms with Crippen molar-refractivity contribution in [2.75, 3.05) is 0 Å². The van der Waals surface area contributed by atoms with E-state index in [0.29, 0.717) is 13.0 Å². The van der Waals surface area contributed by atoms with E-state index < -0.39 is 0 Å². The summed E-state index contributed by atoms with van der Waals surface area (Å²) in [5.74, 6) is 1.05. The number of amides is 1. The van der Waals surface area contributed by atoms with Crippen molar-refractivity contribution in [3.63, 3.8) is 0 Å². The zero-order valence-corrected chi connectivity index (χ0v) is 24.6. The highest BCUT2D eigenvalue weighted by Gasteiger charge is 2.11. The minimum absolute atomic E-state index is 0.0832. The topological polar surface area (TPSA) is 46.9 Å². The van der Waals surface area contributed by atoms with Crippen LogP contribution < -0.4 is 5.32 Å². The van der Waals surface area contributed by atoms with Crippen LogP contribution in [0.25, 0.3) is 11.0 Å². The number of fused-ring (bicyclic) bond motifs is 1. The monoisotopic (exact) mass is 531 g/mol. The number of hydrogen-bond donors (Lipinski definition) is 1. The van der Waals surface area contributed by atoms with Gasteiger partial charge in [-0.25, -0.2) is 4.98 Å². The van der Waals surface area contributed by atoms with E-state index in [1.807, 2.05) is 24.3 Å². The molecule has 0 radical (unpaired) electrons. The molecule has 2 aromatic carbocycles. The number of aryl methyl sites for hydroxylation is 2. The number of carbonyl (C=O) groups is 1. The average Bonchev–Trinajstić information content (AvgIpc) is 3.32. The van der Waals surface area contributed by atoms with Crippen LogP contribution in [0.15, 0.2) is 54.6 Å². The van der Waals surface area contributed by atoms with Gasteiger partial charge in [-0.05, 0) is 30.5 Å². The molecule has 3 aromatic rings. The Morgan fingerprint density at radius 1 is 0.692 bits per heavy atom. The number of carbonyl (C=O) groups excluding carboxylic acids is 1. The first-order valence-electron chi connectivity index (χ1n) is 16.0. The smallest absolute Gasteiger partial charge is 0.220 e. The summed E-state index contributed by atoms with van der Waals surface area (Å²) in [5, 5.41) is 3.10. The first-order chi connectivity index (χ1) is 19.3. The molecule has 0 unspecified atom stereocenters. The molecule has 39 heavy (non-hydrogen) atoms. The second-order valence-corrected chi connectivity index (χ2v) is 11.2. The van der Waals surface area contributed by atoms with Crippen LogP contribution in [0.4, 0.5) is 0 Å². The molecular formula is C35H53N3O. The Morgan fingerprint density at radius 2 is 1.23 bits per heavy atom. The quantitative estimate of drug-likeness (QED) is 0.131. The van der Waals surface area contributed by atoms with Gasteiger partial charge in [0, 0.05) is 13.0 Å². The third-order valence-corrected chi connectivity index (χ3v) is 7.90. The summed E-state index contributed by atoms with van der Waals surface area (Å²) < 4.78 is 2.32. The van der Waals surface area contributed by atoms with Crippen LogP contribution in [-0.2, 0) is 24.3 Å². The molecule has 214 valence electrons. The Morgan fingerprint density at radius 3 is 1.85 bits per heavy atom. The van der Waals surface area contributed by atoms with E-state index in [4.69, 9.17) is 4.98 Å². The van der Waals surface area contributed by atoms with Crippen molar-refractivity contribution >= 4 is 16.9 Å². The van der Waals surface area contributed by atoms with E-state index in [9.17, 15) is 4.79 Å². The van der Waals surface area contributed by atoms with Crippen LogP contribution in [0.2, 0.25) is 0 Å². The fourth-order valence-corrected chi connectivity index (χ4v) is 5.50. The van der Waals surface area contributed by atoms with Crippen molar-refractivity contribution < 1.29 is 4.79 Å². The van der Waals surface area contributed by atoms with Gasteiger partial charge in [0.1, 0.15) is 5.82 Å². The van der Waals surface area contributed by atoms with Gasteiger partial charge in [0.15, 0.2) is 0 Å². The van der Waals surface area contributed by atoms with Crippen molar-refractivity contribution in [2.24, 2.45) is 0 Å². The van der Waals surface area contributed by atoms with Gasteiger partial charge >= 0.3 is 0 Å². The maximum Gasteiger partial charge on any atom is 0.220 e. The fraction of sp³-hybridized carbons (Fsp3) is 0.600. The number of hydrogen-bond acceptors (Lipinski definition) is 2. The van der Waals surface area contributed by atoms with Crippen LogP contribution in [0.1, 0.15) is 127 Å². The Hall–Kier alpha value is -2.62. The number of imidazole rings is 1. The summed E-state index contributed by atoms with van der Waals surface area (Å²) in [4.78, 5) is 17.3. The Labute approximate surface area is 238 Å². The summed E-state index contributed by atoms with van der Waals surface area (Å²) in [7, 11) is 0. The molecule has 1 aromatic heterocycles. The van der Waals surface area contributed by atoms with Crippen molar-refractivity contribution in [3.05, 3.63) is 66.0 Å². The minimum Gasteiger partial charge on any atom is -0.349 e. The third kappa shape index (κ3) is 12.4. The summed E-state index contributed by atoms with van der Waals surface area (Å²) in [5.41, 5.74) is 3.39. The van der Waals surface area contributed by atoms with Crippen molar-refractivity contribution in [1.82, 2.24) is 14.9 Å². The summed E-state index contributed by atoms with van der Waals surface area (Å²) in [6.07, 6.45) is 23.4. The number of rotatable bonds is 22. The number of nitrogens with zero attached hydrogens (tertiary/aromatic N) is 2. The molecule has 0 saturated carbocycles. The molecule has 0 atom stereocenters. The Bertz CT molecular complexity index is 1040. The molecular weight excluding hydrogens is 478 g/mol. The van der Waals surface area contributed by atoms with Crippen molar-refractivity contribution in [1.29, 1.82) is 0 Å². The first kappa shape index (κ1) is 30.9. The predicted molar refractivity (Wildman–Crippen MR) is 166 cm³/mol. The Kier molecular flexibility index (Phi) is 15.4. The lowest BCUT2D eigenvalue weighted by atomic mass is 10.0. The molecule has 0 fully saturated rings. The maximum atomic E-state index is 12.5. The van der Waals surface area contributed by atoms with Gasteiger partial charge in [0.2, 0.25) is 5.91 Å². The van der Waals surface area contributed by atoms with Crippen LogP contribution in [0.5, 0.6) is 0 Å². The van der Waals surface area contributed by atoms with Crippen molar-refractivity contribution in [2.45, 2.75) is 136 Å². The molecule has 0 spiro atoms. The normalized spacial score (nSPS) is 11.3. The zero-order valence-electron chi connectivity index (χ0n) is 24.6. The van der Waals surface area contributed by atoms with E-state index in [-0.39, 0.29) is 5.91 Å². The fourth-order valence-electron chi connectivity index (χ4n) is 5.50. The van der Waals surface area contributed by atoms with Gasteiger partial charge in [-0.15, -0.1) is 0 Å². The van der Waals surface area contributed by atoms with Crippen LogP contribution in [0, 0.1) is 0 Å². The summed E-state index contributed by atoms with van der Waals surface area (Å²) in [6, 6.07) is 18.5. The number of benzene rings is 2. The average molecular weight is 532 g/mol. The van der Waals surface area contributed by atoms with Crippen LogP contribution in [-0.4, -0.2) is 15.5 Å². The predicted octanol–water partition coefficient (Wildman–Crippen LogP) is 9.55. The molecule has 0 aliphatic heterocycles. The van der Waals surface area contributed by atoms with Gasteiger partial charge < -0.3 is 9.88 Å². The molecule has 4 heteroatoms. The van der Waals surface area contributed by atoms with Gasteiger partial charge in [-0.3, -0.25) is 4.79 Å². The van der Waals surface area contributed by atoms with E-state index in [0.717, 1.165) is 30.7 Å². The molecule has 1 amide bonds.